The Bertz CT molecular complexity index is 984. The van der Waals surface area contributed by atoms with Crippen LogP contribution in [0.15, 0.2) is 46.9 Å². The molecule has 27 heavy (non-hydrogen) atoms. The molecule has 0 saturated heterocycles. The molecule has 0 atom stereocenters. The van der Waals surface area contributed by atoms with Gasteiger partial charge < -0.3 is 9.84 Å². The minimum atomic E-state index is -1.11. The Morgan fingerprint density at radius 2 is 1.93 bits per heavy atom. The number of carbonyl (C=O) groups is 1. The number of benzene rings is 2. The molecule has 0 spiro atoms. The number of nitrogens with zero attached hydrogens (tertiary/aromatic N) is 2. The van der Waals surface area contributed by atoms with Crippen molar-refractivity contribution in [3.05, 3.63) is 81.1 Å². The van der Waals surface area contributed by atoms with Crippen LogP contribution in [0.25, 0.3) is 0 Å². The average Bonchev–Trinajstić information content (AvgIpc) is 2.97. The van der Waals surface area contributed by atoms with Gasteiger partial charge in [0.05, 0.1) is 12.1 Å². The van der Waals surface area contributed by atoms with E-state index >= 15 is 0 Å². The van der Waals surface area contributed by atoms with E-state index in [2.05, 4.69) is 21.0 Å². The maximum Gasteiger partial charge on any atom is 0.356 e. The van der Waals surface area contributed by atoms with Crippen molar-refractivity contribution in [3.8, 4) is 5.75 Å². The van der Waals surface area contributed by atoms with Gasteiger partial charge in [-0.15, -0.1) is 0 Å². The lowest BCUT2D eigenvalue weighted by Crippen LogP contribution is -2.08. The molecule has 0 aliphatic heterocycles. The van der Waals surface area contributed by atoms with Crippen molar-refractivity contribution >= 4 is 21.9 Å². The van der Waals surface area contributed by atoms with Gasteiger partial charge in [0.1, 0.15) is 24.0 Å². The zero-order valence-electron chi connectivity index (χ0n) is 14.2. The Labute approximate surface area is 162 Å². The monoisotopic (exact) mass is 436 g/mol. The molecule has 0 aliphatic rings. The van der Waals surface area contributed by atoms with Crippen LogP contribution < -0.4 is 4.74 Å². The van der Waals surface area contributed by atoms with Crippen LogP contribution >= 0.6 is 15.9 Å². The first-order valence-corrected chi connectivity index (χ1v) is 8.76. The predicted molar refractivity (Wildman–Crippen MR) is 97.9 cm³/mol. The number of aromatic nitrogens is 2. The standard InChI is InChI=1S/C19H15BrF2N2O3/c1-11-7-17(19(25)26)23-24(11)9-12-8-13(20)5-6-18(12)27-10-14-15(21)3-2-4-16(14)22/h2-8H,9-10H2,1H3,(H,25,26). The first-order valence-electron chi connectivity index (χ1n) is 7.97. The molecule has 1 heterocycles. The van der Waals surface area contributed by atoms with Gasteiger partial charge in [0.2, 0.25) is 0 Å². The maximum absolute atomic E-state index is 13.8. The highest BCUT2D eigenvalue weighted by Crippen LogP contribution is 2.26. The quantitative estimate of drug-likeness (QED) is 0.615. The number of hydrogen-bond donors (Lipinski definition) is 1. The molecule has 0 radical (unpaired) electrons. The number of aromatic carboxylic acids is 1. The molecule has 0 amide bonds. The minimum absolute atomic E-state index is 0.0570. The Hall–Kier alpha value is -2.74. The third-order valence-electron chi connectivity index (χ3n) is 3.98. The molecule has 3 aromatic rings. The zero-order chi connectivity index (χ0) is 19.6. The fraction of sp³-hybridized carbons (Fsp3) is 0.158. The molecule has 0 bridgehead atoms. The largest absolute Gasteiger partial charge is 0.488 e. The summed E-state index contributed by atoms with van der Waals surface area (Å²) in [7, 11) is 0. The van der Waals surface area contributed by atoms with Crippen molar-refractivity contribution in [3.63, 3.8) is 0 Å². The number of rotatable bonds is 6. The summed E-state index contributed by atoms with van der Waals surface area (Å²) in [5.41, 5.74) is 1.14. The van der Waals surface area contributed by atoms with Crippen LogP contribution in [0.5, 0.6) is 5.75 Å². The number of halogens is 3. The summed E-state index contributed by atoms with van der Waals surface area (Å²) in [6.45, 7) is 1.71. The van der Waals surface area contributed by atoms with Gasteiger partial charge in [-0.25, -0.2) is 13.6 Å². The van der Waals surface area contributed by atoms with E-state index in [0.29, 0.717) is 17.0 Å². The number of aryl methyl sites for hydroxylation is 1. The highest BCUT2D eigenvalue weighted by molar-refractivity contribution is 9.10. The van der Waals surface area contributed by atoms with Crippen molar-refractivity contribution in [2.75, 3.05) is 0 Å². The van der Waals surface area contributed by atoms with E-state index in [1.54, 1.807) is 25.1 Å². The summed E-state index contributed by atoms with van der Waals surface area (Å²) in [5.74, 6) is -2.05. The molecule has 0 aliphatic carbocycles. The summed E-state index contributed by atoms with van der Waals surface area (Å²) in [4.78, 5) is 11.1. The summed E-state index contributed by atoms with van der Waals surface area (Å²) in [6, 6.07) is 10.3. The molecular formula is C19H15BrF2N2O3. The van der Waals surface area contributed by atoms with E-state index < -0.39 is 17.6 Å². The smallest absolute Gasteiger partial charge is 0.356 e. The summed E-state index contributed by atoms with van der Waals surface area (Å²) in [6.07, 6.45) is 0. The third kappa shape index (κ3) is 4.33. The van der Waals surface area contributed by atoms with E-state index in [9.17, 15) is 13.6 Å². The Morgan fingerprint density at radius 3 is 2.56 bits per heavy atom. The maximum atomic E-state index is 13.8. The number of carboxylic acid groups (broad SMARTS) is 1. The van der Waals surface area contributed by atoms with Crippen molar-refractivity contribution in [2.24, 2.45) is 0 Å². The van der Waals surface area contributed by atoms with Gasteiger partial charge >= 0.3 is 5.97 Å². The second-order valence-corrected chi connectivity index (χ2v) is 6.79. The van der Waals surface area contributed by atoms with Gasteiger partial charge in [-0.3, -0.25) is 4.68 Å². The fourth-order valence-electron chi connectivity index (χ4n) is 2.57. The van der Waals surface area contributed by atoms with Gasteiger partial charge in [0.15, 0.2) is 5.69 Å². The Morgan fingerprint density at radius 1 is 1.22 bits per heavy atom. The molecule has 2 aromatic carbocycles. The van der Waals surface area contributed by atoms with Gasteiger partial charge in [0.25, 0.3) is 0 Å². The Balaban J connectivity index is 1.86. The fourth-order valence-corrected chi connectivity index (χ4v) is 2.98. The van der Waals surface area contributed by atoms with E-state index in [0.717, 1.165) is 4.47 Å². The molecule has 0 unspecified atom stereocenters. The SMILES string of the molecule is Cc1cc(C(=O)O)nn1Cc1cc(Br)ccc1OCc1c(F)cccc1F. The molecule has 3 rings (SSSR count). The first-order chi connectivity index (χ1) is 12.8. The van der Waals surface area contributed by atoms with Crippen molar-refractivity contribution in [2.45, 2.75) is 20.1 Å². The van der Waals surface area contributed by atoms with Gasteiger partial charge in [-0.2, -0.15) is 5.10 Å². The van der Waals surface area contributed by atoms with Crippen molar-refractivity contribution in [1.82, 2.24) is 9.78 Å². The predicted octanol–water partition coefficient (Wildman–Crippen LogP) is 4.56. The van der Waals surface area contributed by atoms with Crippen LogP contribution in [0.1, 0.15) is 27.3 Å². The molecule has 8 heteroatoms. The van der Waals surface area contributed by atoms with Crippen molar-refractivity contribution in [1.29, 1.82) is 0 Å². The summed E-state index contributed by atoms with van der Waals surface area (Å²) in [5, 5.41) is 13.1. The van der Waals surface area contributed by atoms with Crippen LogP contribution in [0, 0.1) is 18.6 Å². The minimum Gasteiger partial charge on any atom is -0.488 e. The lowest BCUT2D eigenvalue weighted by molar-refractivity contribution is 0.0689. The zero-order valence-corrected chi connectivity index (χ0v) is 15.8. The lowest BCUT2D eigenvalue weighted by Gasteiger charge is -2.14. The molecule has 1 N–H and O–H groups in total. The van der Waals surface area contributed by atoms with E-state index in [1.165, 1.54) is 28.9 Å². The summed E-state index contributed by atoms with van der Waals surface area (Å²) >= 11 is 3.38. The van der Waals surface area contributed by atoms with Crippen LogP contribution in [0.4, 0.5) is 8.78 Å². The van der Waals surface area contributed by atoms with Crippen LogP contribution in [-0.4, -0.2) is 20.9 Å². The number of ether oxygens (including phenoxy) is 1. The van der Waals surface area contributed by atoms with E-state index in [4.69, 9.17) is 9.84 Å². The molecule has 140 valence electrons. The second-order valence-electron chi connectivity index (χ2n) is 5.87. The van der Waals surface area contributed by atoms with Crippen LogP contribution in [0.2, 0.25) is 0 Å². The molecule has 5 nitrogen and oxygen atoms in total. The topological polar surface area (TPSA) is 64.3 Å². The number of hydrogen-bond acceptors (Lipinski definition) is 3. The third-order valence-corrected chi connectivity index (χ3v) is 4.47. The Kier molecular flexibility index (Phi) is 5.55. The lowest BCUT2D eigenvalue weighted by atomic mass is 10.2. The molecule has 1 aromatic heterocycles. The van der Waals surface area contributed by atoms with Gasteiger partial charge in [0, 0.05) is 15.7 Å². The second kappa shape index (κ2) is 7.87. The molecule has 0 saturated carbocycles. The average molecular weight is 437 g/mol. The van der Waals surface area contributed by atoms with E-state index in [-0.39, 0.29) is 24.4 Å². The van der Waals surface area contributed by atoms with Crippen molar-refractivity contribution < 1.29 is 23.4 Å². The first kappa shape index (κ1) is 19.0. The van der Waals surface area contributed by atoms with Gasteiger partial charge in [-0.05, 0) is 43.3 Å². The highest BCUT2D eigenvalue weighted by atomic mass is 79.9. The van der Waals surface area contributed by atoms with Crippen LogP contribution in [0.3, 0.4) is 0 Å². The normalized spacial score (nSPS) is 10.8. The van der Waals surface area contributed by atoms with E-state index in [1.807, 2.05) is 0 Å². The van der Waals surface area contributed by atoms with Gasteiger partial charge in [-0.1, -0.05) is 22.0 Å². The summed E-state index contributed by atoms with van der Waals surface area (Å²) < 4.78 is 35.6. The van der Waals surface area contributed by atoms with Crippen LogP contribution in [-0.2, 0) is 13.2 Å². The highest BCUT2D eigenvalue weighted by Gasteiger charge is 2.14. The molecular weight excluding hydrogens is 422 g/mol. The molecule has 0 fully saturated rings. The number of carboxylic acids is 1.